The summed E-state index contributed by atoms with van der Waals surface area (Å²) in [5.74, 6) is 0.843. The summed E-state index contributed by atoms with van der Waals surface area (Å²) >= 11 is 1.23. The van der Waals surface area contributed by atoms with Crippen LogP contribution in [0.5, 0.6) is 11.5 Å². The van der Waals surface area contributed by atoms with E-state index in [0.717, 1.165) is 11.3 Å². The first-order chi connectivity index (χ1) is 16.5. The largest absolute Gasteiger partial charge is 0.495 e. The monoisotopic (exact) mass is 473 g/mol. The fourth-order valence-corrected chi connectivity index (χ4v) is 4.27. The predicted octanol–water partition coefficient (Wildman–Crippen LogP) is 2.68. The van der Waals surface area contributed by atoms with Gasteiger partial charge < -0.3 is 19.4 Å². The van der Waals surface area contributed by atoms with Crippen molar-refractivity contribution in [2.75, 3.05) is 12.4 Å². The Bertz CT molecular complexity index is 1480. The zero-order valence-electron chi connectivity index (χ0n) is 18.7. The highest BCUT2D eigenvalue weighted by Crippen LogP contribution is 2.23. The number of rotatable bonds is 7. The molecule has 0 atom stereocenters. The van der Waals surface area contributed by atoms with E-state index < -0.39 is 0 Å². The Kier molecular flexibility index (Phi) is 7.19. The van der Waals surface area contributed by atoms with E-state index in [1.54, 1.807) is 37.5 Å². The summed E-state index contributed by atoms with van der Waals surface area (Å²) < 4.78 is 13.7. The number of benzene rings is 2. The van der Waals surface area contributed by atoms with Gasteiger partial charge in [0.2, 0.25) is 0 Å². The van der Waals surface area contributed by atoms with Crippen LogP contribution < -0.4 is 29.5 Å². The summed E-state index contributed by atoms with van der Waals surface area (Å²) in [6.07, 6.45) is 4.89. The summed E-state index contributed by atoms with van der Waals surface area (Å²) in [4.78, 5) is 29.7. The van der Waals surface area contributed by atoms with Crippen molar-refractivity contribution in [3.63, 3.8) is 0 Å². The van der Waals surface area contributed by atoms with E-state index in [0.29, 0.717) is 33.0 Å². The van der Waals surface area contributed by atoms with Crippen molar-refractivity contribution in [1.29, 1.82) is 0 Å². The number of nitrogens with one attached hydrogen (secondary N) is 1. The fraction of sp³-hybridized carbons (Fsp3) is 0.115. The second kappa shape index (κ2) is 10.6. The number of hydrogen-bond acceptors (Lipinski definition) is 6. The third-order valence-electron chi connectivity index (χ3n) is 4.99. The first-order valence-electron chi connectivity index (χ1n) is 10.5. The highest BCUT2D eigenvalue weighted by atomic mass is 32.1. The number of methoxy groups -OCH3 is 1. The van der Waals surface area contributed by atoms with Crippen LogP contribution in [-0.4, -0.2) is 22.6 Å². The average molecular weight is 474 g/mol. The number of para-hydroxylation sites is 3. The van der Waals surface area contributed by atoms with Gasteiger partial charge in [-0.2, -0.15) is 0 Å². The van der Waals surface area contributed by atoms with Crippen molar-refractivity contribution < 1.29 is 14.3 Å². The molecule has 7 nitrogen and oxygen atoms in total. The quantitative estimate of drug-likeness (QED) is 0.446. The van der Waals surface area contributed by atoms with Crippen LogP contribution in [0.4, 0.5) is 5.69 Å². The maximum Gasteiger partial charge on any atom is 0.268 e. The van der Waals surface area contributed by atoms with Crippen molar-refractivity contribution in [3.05, 3.63) is 104 Å². The van der Waals surface area contributed by atoms with E-state index in [2.05, 4.69) is 10.3 Å². The standard InChI is InChI=1S/C26H23N3O4S/c1-29-25(16-24(30)28-20-11-4-6-13-22(20)32-2)34-23(26(29)31)15-18-9-3-5-12-21(18)33-17-19-10-7-8-14-27-19/h3-16H,17H2,1-2H3,(H,28,30). The third-order valence-corrected chi connectivity index (χ3v) is 6.10. The molecule has 0 fully saturated rings. The lowest BCUT2D eigenvalue weighted by Gasteiger charge is -2.08. The molecule has 1 amide bonds. The van der Waals surface area contributed by atoms with Gasteiger partial charge in [0, 0.05) is 24.9 Å². The first kappa shape index (κ1) is 23.0. The number of thiazole rings is 1. The van der Waals surface area contributed by atoms with E-state index >= 15 is 0 Å². The molecule has 2 aromatic heterocycles. The molecule has 0 aliphatic carbocycles. The Balaban J connectivity index is 1.61. The Labute approximate surface area is 200 Å². The van der Waals surface area contributed by atoms with Gasteiger partial charge in [-0.05, 0) is 36.4 Å². The molecular formula is C26H23N3O4S. The van der Waals surface area contributed by atoms with Gasteiger partial charge in [0.1, 0.15) is 22.8 Å². The Morgan fingerprint density at radius 2 is 1.79 bits per heavy atom. The number of carbonyl (C=O) groups is 1. The maximum atomic E-state index is 12.8. The molecule has 1 N–H and O–H groups in total. The molecule has 2 aromatic carbocycles. The zero-order valence-corrected chi connectivity index (χ0v) is 19.5. The third kappa shape index (κ3) is 5.41. The number of amides is 1. The number of nitrogens with zero attached hydrogens (tertiary/aromatic N) is 2. The second-order valence-corrected chi connectivity index (χ2v) is 8.36. The van der Waals surface area contributed by atoms with E-state index in [9.17, 15) is 9.59 Å². The molecule has 0 aliphatic heterocycles. The van der Waals surface area contributed by atoms with Gasteiger partial charge >= 0.3 is 0 Å². The normalized spacial score (nSPS) is 11.9. The van der Waals surface area contributed by atoms with Gasteiger partial charge in [-0.25, -0.2) is 0 Å². The van der Waals surface area contributed by atoms with Crippen LogP contribution >= 0.6 is 11.3 Å². The number of aromatic nitrogens is 2. The van der Waals surface area contributed by atoms with Gasteiger partial charge in [-0.3, -0.25) is 14.6 Å². The maximum absolute atomic E-state index is 12.8. The molecule has 2 heterocycles. The Morgan fingerprint density at radius 1 is 1.06 bits per heavy atom. The summed E-state index contributed by atoms with van der Waals surface area (Å²) in [5, 5.41) is 2.79. The molecule has 0 bridgehead atoms. The lowest BCUT2D eigenvalue weighted by molar-refractivity contribution is -0.110. The molecule has 4 rings (SSSR count). The summed E-state index contributed by atoms with van der Waals surface area (Å²) in [7, 11) is 3.18. The highest BCUT2D eigenvalue weighted by molar-refractivity contribution is 7.07. The van der Waals surface area contributed by atoms with Gasteiger partial charge in [-0.15, -0.1) is 11.3 Å². The smallest absolute Gasteiger partial charge is 0.268 e. The average Bonchev–Trinajstić information content (AvgIpc) is 3.12. The number of hydrogen-bond donors (Lipinski definition) is 1. The SMILES string of the molecule is COc1ccccc1NC(=O)C=c1sc(=Cc2ccccc2OCc2ccccn2)c(=O)n1C. The van der Waals surface area contributed by atoms with Crippen LogP contribution in [0.2, 0.25) is 0 Å². The van der Waals surface area contributed by atoms with Gasteiger partial charge in [0.05, 0.1) is 23.0 Å². The van der Waals surface area contributed by atoms with Crippen LogP contribution in [0, 0.1) is 0 Å². The van der Waals surface area contributed by atoms with Gasteiger partial charge in [0.25, 0.3) is 11.5 Å². The van der Waals surface area contributed by atoms with Crippen molar-refractivity contribution in [2.24, 2.45) is 7.05 Å². The molecule has 172 valence electrons. The minimum atomic E-state index is -0.355. The number of ether oxygens (including phenoxy) is 2. The summed E-state index contributed by atoms with van der Waals surface area (Å²) in [6, 6.07) is 20.3. The van der Waals surface area contributed by atoms with E-state index in [-0.39, 0.29) is 11.5 Å². The molecule has 0 unspecified atom stereocenters. The predicted molar refractivity (Wildman–Crippen MR) is 133 cm³/mol. The molecular weight excluding hydrogens is 450 g/mol. The molecule has 0 saturated heterocycles. The van der Waals surface area contributed by atoms with Gasteiger partial charge in [-0.1, -0.05) is 36.4 Å². The zero-order chi connectivity index (χ0) is 23.9. The molecule has 34 heavy (non-hydrogen) atoms. The molecule has 0 radical (unpaired) electrons. The van der Waals surface area contributed by atoms with Crippen molar-refractivity contribution >= 4 is 35.1 Å². The second-order valence-electron chi connectivity index (χ2n) is 7.29. The molecule has 8 heteroatoms. The lowest BCUT2D eigenvalue weighted by Crippen LogP contribution is -2.29. The minimum absolute atomic E-state index is 0.194. The van der Waals surface area contributed by atoms with E-state index in [1.165, 1.54) is 29.1 Å². The first-order valence-corrected chi connectivity index (χ1v) is 11.3. The molecule has 0 aliphatic rings. The topological polar surface area (TPSA) is 82.5 Å². The lowest BCUT2D eigenvalue weighted by atomic mass is 10.2. The van der Waals surface area contributed by atoms with Crippen molar-refractivity contribution in [2.45, 2.75) is 6.61 Å². The highest BCUT2D eigenvalue weighted by Gasteiger charge is 2.08. The van der Waals surface area contributed by atoms with E-state index in [1.807, 2.05) is 48.5 Å². The van der Waals surface area contributed by atoms with Crippen LogP contribution in [0.15, 0.2) is 77.7 Å². The summed E-state index contributed by atoms with van der Waals surface area (Å²) in [6.45, 7) is 0.316. The number of carbonyl (C=O) groups excluding carboxylic acids is 1. The Hall–Kier alpha value is -4.17. The van der Waals surface area contributed by atoms with Crippen LogP contribution in [0.25, 0.3) is 12.2 Å². The molecule has 4 aromatic rings. The van der Waals surface area contributed by atoms with Crippen LogP contribution in [0.3, 0.4) is 0 Å². The molecule has 0 spiro atoms. The van der Waals surface area contributed by atoms with Crippen LogP contribution in [-0.2, 0) is 18.4 Å². The number of pyridine rings is 1. The van der Waals surface area contributed by atoms with Crippen LogP contribution in [0.1, 0.15) is 11.3 Å². The summed E-state index contributed by atoms with van der Waals surface area (Å²) in [5.41, 5.74) is 1.93. The van der Waals surface area contributed by atoms with E-state index in [4.69, 9.17) is 9.47 Å². The van der Waals surface area contributed by atoms with Crippen molar-refractivity contribution in [1.82, 2.24) is 9.55 Å². The van der Waals surface area contributed by atoms with Crippen molar-refractivity contribution in [3.8, 4) is 11.5 Å². The number of anilines is 1. The minimum Gasteiger partial charge on any atom is -0.495 e. The molecule has 0 saturated carbocycles. The fourth-order valence-electron chi connectivity index (χ4n) is 3.24. The van der Waals surface area contributed by atoms with Gasteiger partial charge in [0.15, 0.2) is 0 Å². The Morgan fingerprint density at radius 3 is 2.56 bits per heavy atom.